The van der Waals surface area contributed by atoms with Crippen LogP contribution in [-0.2, 0) is 4.74 Å². The van der Waals surface area contributed by atoms with E-state index in [1.54, 1.807) is 0 Å². The molecule has 2 aromatic carbocycles. The van der Waals surface area contributed by atoms with Gasteiger partial charge in [-0.1, -0.05) is 36.4 Å². The van der Waals surface area contributed by atoms with Crippen molar-refractivity contribution < 1.29 is 4.74 Å². The molecule has 1 aliphatic heterocycles. The van der Waals surface area contributed by atoms with E-state index in [0.29, 0.717) is 0 Å². The maximum atomic E-state index is 4.94. The van der Waals surface area contributed by atoms with Gasteiger partial charge in [-0.05, 0) is 37.1 Å². The van der Waals surface area contributed by atoms with Gasteiger partial charge in [0.1, 0.15) is 0 Å². The van der Waals surface area contributed by atoms with Crippen LogP contribution in [0, 0.1) is 0 Å². The highest BCUT2D eigenvalue weighted by molar-refractivity contribution is 8.93. The minimum absolute atomic E-state index is 0. The molecular formula is C16H20BrNO. The van der Waals surface area contributed by atoms with E-state index in [-0.39, 0.29) is 17.0 Å². The summed E-state index contributed by atoms with van der Waals surface area (Å²) in [6.45, 7) is 2.00. The fourth-order valence-electron chi connectivity index (χ4n) is 1.72. The summed E-state index contributed by atoms with van der Waals surface area (Å²) >= 11 is 0. The van der Waals surface area contributed by atoms with Crippen LogP contribution in [0.3, 0.4) is 0 Å². The third-order valence-electron chi connectivity index (χ3n) is 2.66. The predicted octanol–water partition coefficient (Wildman–Crippen LogP) is 4.80. The van der Waals surface area contributed by atoms with Crippen molar-refractivity contribution in [1.29, 1.82) is 0 Å². The van der Waals surface area contributed by atoms with E-state index >= 15 is 0 Å². The third-order valence-corrected chi connectivity index (χ3v) is 2.66. The van der Waals surface area contributed by atoms with Gasteiger partial charge in [0.15, 0.2) is 0 Å². The largest absolute Gasteiger partial charge is 0.381 e. The van der Waals surface area contributed by atoms with Gasteiger partial charge in [-0.15, -0.1) is 17.0 Å². The van der Waals surface area contributed by atoms with Crippen LogP contribution in [0.5, 0.6) is 0 Å². The second-order valence-electron chi connectivity index (χ2n) is 4.18. The summed E-state index contributed by atoms with van der Waals surface area (Å²) < 4.78 is 4.94. The molecule has 102 valence electrons. The Morgan fingerprint density at radius 3 is 1.42 bits per heavy atom. The van der Waals surface area contributed by atoms with Gasteiger partial charge in [0.2, 0.25) is 0 Å². The lowest BCUT2D eigenvalue weighted by molar-refractivity contribution is 0.198. The Balaban J connectivity index is 0.000000256. The fraction of sp³-hybridized carbons (Fsp3) is 0.250. The van der Waals surface area contributed by atoms with Gasteiger partial charge in [0, 0.05) is 24.6 Å². The van der Waals surface area contributed by atoms with E-state index in [2.05, 4.69) is 5.32 Å². The molecule has 0 spiro atoms. The summed E-state index contributed by atoms with van der Waals surface area (Å²) in [5.41, 5.74) is 2.24. The standard InChI is InChI=1S/C12H11N.C4H8O.BrH/c1-3-7-11(8-4-1)13-12-9-5-2-6-10-12;1-2-4-5-3-1;/h1-10,13H;1-4H2;1H. The SMILES string of the molecule is Br.C1CCOC1.c1ccc(Nc2ccccc2)cc1. The normalized spacial score (nSPS) is 12.8. The van der Waals surface area contributed by atoms with Gasteiger partial charge in [-0.2, -0.15) is 0 Å². The topological polar surface area (TPSA) is 21.3 Å². The number of nitrogens with one attached hydrogen (secondary N) is 1. The number of halogens is 1. The summed E-state index contributed by atoms with van der Waals surface area (Å²) in [5.74, 6) is 0. The Hall–Kier alpha value is -1.32. The molecule has 1 fully saturated rings. The second kappa shape index (κ2) is 9.59. The van der Waals surface area contributed by atoms with Gasteiger partial charge in [0.25, 0.3) is 0 Å². The predicted molar refractivity (Wildman–Crippen MR) is 86.5 cm³/mol. The molecule has 3 rings (SSSR count). The second-order valence-corrected chi connectivity index (χ2v) is 4.18. The number of anilines is 2. The van der Waals surface area contributed by atoms with Crippen molar-refractivity contribution in [3.05, 3.63) is 60.7 Å². The zero-order valence-corrected chi connectivity index (χ0v) is 12.6. The first kappa shape index (κ1) is 15.7. The summed E-state index contributed by atoms with van der Waals surface area (Å²) in [6.07, 6.45) is 2.56. The lowest BCUT2D eigenvalue weighted by atomic mass is 10.3. The Morgan fingerprint density at radius 2 is 1.11 bits per heavy atom. The van der Waals surface area contributed by atoms with E-state index in [9.17, 15) is 0 Å². The first-order chi connectivity index (χ1) is 8.95. The molecule has 0 aromatic heterocycles. The van der Waals surface area contributed by atoms with Gasteiger partial charge in [0.05, 0.1) is 0 Å². The highest BCUT2D eigenvalue weighted by Gasteiger charge is 1.94. The van der Waals surface area contributed by atoms with Crippen molar-refractivity contribution in [2.75, 3.05) is 18.5 Å². The van der Waals surface area contributed by atoms with E-state index in [0.717, 1.165) is 24.6 Å². The Labute approximate surface area is 125 Å². The van der Waals surface area contributed by atoms with E-state index < -0.39 is 0 Å². The molecule has 1 N–H and O–H groups in total. The van der Waals surface area contributed by atoms with Crippen LogP contribution in [-0.4, -0.2) is 13.2 Å². The van der Waals surface area contributed by atoms with Crippen LogP contribution in [0.1, 0.15) is 12.8 Å². The highest BCUT2D eigenvalue weighted by Crippen LogP contribution is 2.14. The van der Waals surface area contributed by atoms with Crippen molar-refractivity contribution >= 4 is 28.4 Å². The summed E-state index contributed by atoms with van der Waals surface area (Å²) in [5, 5.41) is 3.30. The molecule has 1 heterocycles. The van der Waals surface area contributed by atoms with Crippen LogP contribution >= 0.6 is 17.0 Å². The number of benzene rings is 2. The van der Waals surface area contributed by atoms with Crippen molar-refractivity contribution in [2.24, 2.45) is 0 Å². The van der Waals surface area contributed by atoms with Crippen molar-refractivity contribution in [1.82, 2.24) is 0 Å². The van der Waals surface area contributed by atoms with Crippen molar-refractivity contribution in [3.8, 4) is 0 Å². The summed E-state index contributed by atoms with van der Waals surface area (Å²) in [6, 6.07) is 20.3. The number of para-hydroxylation sites is 2. The zero-order chi connectivity index (χ0) is 12.5. The summed E-state index contributed by atoms with van der Waals surface area (Å²) in [4.78, 5) is 0. The molecule has 2 nitrogen and oxygen atoms in total. The van der Waals surface area contributed by atoms with E-state index in [4.69, 9.17) is 4.74 Å². The molecule has 0 bridgehead atoms. The number of rotatable bonds is 2. The quantitative estimate of drug-likeness (QED) is 0.857. The van der Waals surface area contributed by atoms with Crippen LogP contribution in [0.25, 0.3) is 0 Å². The monoisotopic (exact) mass is 321 g/mol. The van der Waals surface area contributed by atoms with Crippen LogP contribution in [0.15, 0.2) is 60.7 Å². The molecule has 0 saturated carbocycles. The average Bonchev–Trinajstić information content (AvgIpc) is 3.00. The lowest BCUT2D eigenvalue weighted by Crippen LogP contribution is -1.87. The highest BCUT2D eigenvalue weighted by atomic mass is 79.9. The lowest BCUT2D eigenvalue weighted by Gasteiger charge is -2.04. The molecule has 2 aromatic rings. The molecule has 0 radical (unpaired) electrons. The first-order valence-electron chi connectivity index (χ1n) is 6.40. The molecule has 0 aliphatic carbocycles. The van der Waals surface area contributed by atoms with E-state index in [1.165, 1.54) is 12.8 Å². The molecule has 0 unspecified atom stereocenters. The molecule has 1 saturated heterocycles. The molecule has 1 aliphatic rings. The number of ether oxygens (including phenoxy) is 1. The fourth-order valence-corrected chi connectivity index (χ4v) is 1.72. The number of hydrogen-bond donors (Lipinski definition) is 1. The molecule has 0 amide bonds. The van der Waals surface area contributed by atoms with Gasteiger partial charge in [-0.25, -0.2) is 0 Å². The van der Waals surface area contributed by atoms with Gasteiger partial charge >= 0.3 is 0 Å². The van der Waals surface area contributed by atoms with Crippen molar-refractivity contribution in [2.45, 2.75) is 12.8 Å². The number of hydrogen-bond acceptors (Lipinski definition) is 2. The molecule has 3 heteroatoms. The minimum atomic E-state index is 0. The smallest absolute Gasteiger partial charge is 0.0466 e. The van der Waals surface area contributed by atoms with Crippen LogP contribution in [0.2, 0.25) is 0 Å². The Kier molecular flexibility index (Phi) is 7.94. The minimum Gasteiger partial charge on any atom is -0.381 e. The van der Waals surface area contributed by atoms with Crippen LogP contribution in [0.4, 0.5) is 11.4 Å². The van der Waals surface area contributed by atoms with Gasteiger partial charge < -0.3 is 10.1 Å². The Morgan fingerprint density at radius 1 is 0.684 bits per heavy atom. The van der Waals surface area contributed by atoms with Crippen molar-refractivity contribution in [3.63, 3.8) is 0 Å². The van der Waals surface area contributed by atoms with Gasteiger partial charge in [-0.3, -0.25) is 0 Å². The molecule has 0 atom stereocenters. The third kappa shape index (κ3) is 6.41. The zero-order valence-electron chi connectivity index (χ0n) is 10.9. The Bertz CT molecular complexity index is 384. The van der Waals surface area contributed by atoms with E-state index in [1.807, 2.05) is 60.7 Å². The van der Waals surface area contributed by atoms with Crippen LogP contribution < -0.4 is 5.32 Å². The maximum absolute atomic E-state index is 4.94. The summed E-state index contributed by atoms with van der Waals surface area (Å²) in [7, 11) is 0. The average molecular weight is 322 g/mol. The first-order valence-corrected chi connectivity index (χ1v) is 6.40. The molecular weight excluding hydrogens is 302 g/mol. The molecule has 19 heavy (non-hydrogen) atoms. The maximum Gasteiger partial charge on any atom is 0.0466 e.